The number of hydrogen-bond donors (Lipinski definition) is 0. The molecule has 19 heavy (non-hydrogen) atoms. The Hall–Kier alpha value is -2.67. The molecule has 0 fully saturated rings. The van der Waals surface area contributed by atoms with Crippen LogP contribution in [0.3, 0.4) is 0 Å². The standard InChI is InChI=1S/C15H12N4/c1-19-13-7-8-17-12(10-16)15(13)18-14(19)9-11-5-3-2-4-6-11/h2-8H,9H2,1H3. The maximum Gasteiger partial charge on any atom is 0.168 e. The lowest BCUT2D eigenvalue weighted by atomic mass is 10.1. The van der Waals surface area contributed by atoms with Crippen LogP contribution in [0.5, 0.6) is 0 Å². The van der Waals surface area contributed by atoms with Crippen molar-refractivity contribution >= 4 is 11.0 Å². The van der Waals surface area contributed by atoms with Gasteiger partial charge in [0.2, 0.25) is 0 Å². The molecule has 0 aliphatic heterocycles. The van der Waals surface area contributed by atoms with Crippen molar-refractivity contribution in [1.29, 1.82) is 5.26 Å². The number of fused-ring (bicyclic) bond motifs is 1. The molecule has 0 spiro atoms. The van der Waals surface area contributed by atoms with E-state index in [2.05, 4.69) is 28.2 Å². The predicted molar refractivity (Wildman–Crippen MR) is 72.5 cm³/mol. The van der Waals surface area contributed by atoms with Crippen molar-refractivity contribution in [2.75, 3.05) is 0 Å². The molecule has 4 heteroatoms. The van der Waals surface area contributed by atoms with Gasteiger partial charge >= 0.3 is 0 Å². The third-order valence-electron chi connectivity index (χ3n) is 3.20. The van der Waals surface area contributed by atoms with Gasteiger partial charge in [0.25, 0.3) is 0 Å². The van der Waals surface area contributed by atoms with Gasteiger partial charge in [-0.3, -0.25) is 0 Å². The average Bonchev–Trinajstić information content (AvgIpc) is 2.77. The zero-order chi connectivity index (χ0) is 13.2. The van der Waals surface area contributed by atoms with Crippen LogP contribution in [0.4, 0.5) is 0 Å². The minimum atomic E-state index is 0.382. The quantitative estimate of drug-likeness (QED) is 0.700. The Labute approximate surface area is 111 Å². The highest BCUT2D eigenvalue weighted by Crippen LogP contribution is 2.18. The zero-order valence-corrected chi connectivity index (χ0v) is 10.5. The number of benzene rings is 1. The number of imidazole rings is 1. The molecule has 0 N–H and O–H groups in total. The van der Waals surface area contributed by atoms with Crippen LogP contribution in [0.1, 0.15) is 17.1 Å². The monoisotopic (exact) mass is 248 g/mol. The molecule has 0 aliphatic carbocycles. The summed E-state index contributed by atoms with van der Waals surface area (Å²) < 4.78 is 2.02. The maximum atomic E-state index is 9.06. The van der Waals surface area contributed by atoms with Gasteiger partial charge in [-0.25, -0.2) is 9.97 Å². The normalized spacial score (nSPS) is 10.5. The van der Waals surface area contributed by atoms with Crippen LogP contribution in [-0.2, 0) is 13.5 Å². The first kappa shape index (κ1) is 11.4. The molecule has 1 aromatic carbocycles. The van der Waals surface area contributed by atoms with Gasteiger partial charge in [0.1, 0.15) is 17.4 Å². The van der Waals surface area contributed by atoms with E-state index in [4.69, 9.17) is 5.26 Å². The largest absolute Gasteiger partial charge is 0.331 e. The van der Waals surface area contributed by atoms with Gasteiger partial charge in [0.15, 0.2) is 5.69 Å². The van der Waals surface area contributed by atoms with Crippen LogP contribution in [-0.4, -0.2) is 14.5 Å². The van der Waals surface area contributed by atoms with Gasteiger partial charge in [-0.2, -0.15) is 5.26 Å². The minimum Gasteiger partial charge on any atom is -0.331 e. The van der Waals surface area contributed by atoms with E-state index in [-0.39, 0.29) is 0 Å². The van der Waals surface area contributed by atoms with Crippen molar-refractivity contribution < 1.29 is 0 Å². The predicted octanol–water partition coefficient (Wildman–Crippen LogP) is 2.43. The van der Waals surface area contributed by atoms with E-state index < -0.39 is 0 Å². The summed E-state index contributed by atoms with van der Waals surface area (Å²) >= 11 is 0. The van der Waals surface area contributed by atoms with Crippen molar-refractivity contribution in [3.63, 3.8) is 0 Å². The van der Waals surface area contributed by atoms with E-state index in [1.807, 2.05) is 35.9 Å². The smallest absolute Gasteiger partial charge is 0.168 e. The molecule has 0 unspecified atom stereocenters. The second-order valence-electron chi connectivity index (χ2n) is 4.39. The lowest BCUT2D eigenvalue weighted by Crippen LogP contribution is -1.98. The fourth-order valence-electron chi connectivity index (χ4n) is 2.19. The molecule has 0 amide bonds. The van der Waals surface area contributed by atoms with Crippen molar-refractivity contribution in [2.24, 2.45) is 7.05 Å². The molecule has 2 aromatic heterocycles. The molecular weight excluding hydrogens is 236 g/mol. The molecule has 2 heterocycles. The Morgan fingerprint density at radius 1 is 1.21 bits per heavy atom. The highest BCUT2D eigenvalue weighted by molar-refractivity contribution is 5.80. The Balaban J connectivity index is 2.11. The lowest BCUT2D eigenvalue weighted by molar-refractivity contribution is 0.844. The molecule has 3 aromatic rings. The summed E-state index contributed by atoms with van der Waals surface area (Å²) in [5, 5.41) is 9.06. The summed E-state index contributed by atoms with van der Waals surface area (Å²) in [7, 11) is 1.97. The van der Waals surface area contributed by atoms with Crippen LogP contribution in [0.15, 0.2) is 42.6 Å². The molecule has 92 valence electrons. The number of pyridine rings is 1. The first-order valence-electron chi connectivity index (χ1n) is 6.04. The van der Waals surface area contributed by atoms with Crippen LogP contribution in [0, 0.1) is 11.3 Å². The van der Waals surface area contributed by atoms with E-state index in [1.54, 1.807) is 6.20 Å². The summed E-state index contributed by atoms with van der Waals surface area (Å²) in [4.78, 5) is 8.61. The molecule has 0 atom stereocenters. The van der Waals surface area contributed by atoms with Gasteiger partial charge in [0, 0.05) is 19.7 Å². The van der Waals surface area contributed by atoms with E-state index in [1.165, 1.54) is 5.56 Å². The van der Waals surface area contributed by atoms with Crippen LogP contribution in [0.25, 0.3) is 11.0 Å². The molecule has 0 bridgehead atoms. The molecule has 0 aliphatic rings. The molecule has 4 nitrogen and oxygen atoms in total. The topological polar surface area (TPSA) is 54.5 Å². The summed E-state index contributed by atoms with van der Waals surface area (Å²) in [6.45, 7) is 0. The third kappa shape index (κ3) is 1.95. The number of hydrogen-bond acceptors (Lipinski definition) is 3. The first-order valence-corrected chi connectivity index (χ1v) is 6.04. The third-order valence-corrected chi connectivity index (χ3v) is 3.20. The highest BCUT2D eigenvalue weighted by atomic mass is 15.1. The summed E-state index contributed by atoms with van der Waals surface area (Å²) in [6, 6.07) is 14.1. The lowest BCUT2D eigenvalue weighted by Gasteiger charge is -2.02. The summed E-state index contributed by atoms with van der Waals surface area (Å²) in [6.07, 6.45) is 2.39. The Morgan fingerprint density at radius 3 is 2.74 bits per heavy atom. The Kier molecular flexibility index (Phi) is 2.73. The molecule has 0 saturated heterocycles. The highest BCUT2D eigenvalue weighted by Gasteiger charge is 2.11. The summed E-state index contributed by atoms with van der Waals surface area (Å²) in [5.74, 6) is 0.936. The minimum absolute atomic E-state index is 0.382. The number of aromatic nitrogens is 3. The van der Waals surface area contributed by atoms with Crippen LogP contribution >= 0.6 is 0 Å². The molecular formula is C15H12N4. The number of rotatable bonds is 2. The zero-order valence-electron chi connectivity index (χ0n) is 10.5. The van der Waals surface area contributed by atoms with Gasteiger partial charge in [-0.05, 0) is 11.6 Å². The van der Waals surface area contributed by atoms with E-state index in [0.717, 1.165) is 17.8 Å². The van der Waals surface area contributed by atoms with Gasteiger partial charge in [-0.15, -0.1) is 0 Å². The second-order valence-corrected chi connectivity index (χ2v) is 4.39. The molecule has 0 radical (unpaired) electrons. The number of nitriles is 1. The van der Waals surface area contributed by atoms with E-state index in [9.17, 15) is 0 Å². The summed E-state index contributed by atoms with van der Waals surface area (Å²) in [5.41, 5.74) is 3.20. The molecule has 3 rings (SSSR count). The van der Waals surface area contributed by atoms with Crippen molar-refractivity contribution in [3.8, 4) is 6.07 Å². The van der Waals surface area contributed by atoms with Gasteiger partial charge < -0.3 is 4.57 Å². The fourth-order valence-corrected chi connectivity index (χ4v) is 2.19. The van der Waals surface area contributed by atoms with Crippen LogP contribution in [0.2, 0.25) is 0 Å². The van der Waals surface area contributed by atoms with Crippen molar-refractivity contribution in [3.05, 3.63) is 59.7 Å². The van der Waals surface area contributed by atoms with E-state index >= 15 is 0 Å². The average molecular weight is 248 g/mol. The maximum absolute atomic E-state index is 9.06. The number of aryl methyl sites for hydroxylation is 1. The SMILES string of the molecule is Cn1c(Cc2ccccc2)nc2c(C#N)nccc21. The Bertz CT molecular complexity index is 766. The number of nitrogens with zero attached hydrogens (tertiary/aromatic N) is 4. The molecule has 0 saturated carbocycles. The van der Waals surface area contributed by atoms with E-state index in [0.29, 0.717) is 11.2 Å². The van der Waals surface area contributed by atoms with Crippen molar-refractivity contribution in [1.82, 2.24) is 14.5 Å². The first-order chi connectivity index (χ1) is 9.29. The van der Waals surface area contributed by atoms with Crippen LogP contribution < -0.4 is 0 Å². The second kappa shape index (κ2) is 4.54. The van der Waals surface area contributed by atoms with Crippen molar-refractivity contribution in [2.45, 2.75) is 6.42 Å². The Morgan fingerprint density at radius 2 is 2.00 bits per heavy atom. The van der Waals surface area contributed by atoms with Gasteiger partial charge in [0.05, 0.1) is 5.52 Å². The fraction of sp³-hybridized carbons (Fsp3) is 0.133. The van der Waals surface area contributed by atoms with Gasteiger partial charge in [-0.1, -0.05) is 30.3 Å².